The Morgan fingerprint density at radius 2 is 1.68 bits per heavy atom. The van der Waals surface area contributed by atoms with Gasteiger partial charge in [0.15, 0.2) is 5.11 Å². The van der Waals surface area contributed by atoms with Gasteiger partial charge in [-0.3, -0.25) is 10.1 Å². The molecular formula is C25H20N2O3S. The molecule has 0 aliphatic rings. The van der Waals surface area contributed by atoms with Gasteiger partial charge in [-0.2, -0.15) is 0 Å². The maximum absolute atomic E-state index is 12.3. The zero-order valence-corrected chi connectivity index (χ0v) is 17.7. The van der Waals surface area contributed by atoms with Crippen molar-refractivity contribution in [3.63, 3.8) is 0 Å². The second-order valence-corrected chi connectivity index (χ2v) is 7.43. The first-order chi connectivity index (χ1) is 15.0. The van der Waals surface area contributed by atoms with Crippen LogP contribution in [0.15, 0.2) is 88.1 Å². The lowest BCUT2D eigenvalue weighted by Crippen LogP contribution is -2.34. The zero-order valence-electron chi connectivity index (χ0n) is 16.8. The lowest BCUT2D eigenvalue weighted by Gasteiger charge is -2.10. The fraction of sp³-hybridized carbons (Fsp3) is 0.0800. The Morgan fingerprint density at radius 3 is 2.39 bits per heavy atom. The number of carbonyl (C=O) groups excluding carboxylic acids is 1. The van der Waals surface area contributed by atoms with Gasteiger partial charge in [-0.1, -0.05) is 49.4 Å². The normalized spacial score (nSPS) is 10.6. The first-order valence-corrected chi connectivity index (χ1v) is 10.3. The Hall–Kier alpha value is -3.77. The lowest BCUT2D eigenvalue weighted by molar-refractivity contribution is 0.0977. The molecule has 0 aliphatic heterocycles. The Bertz CT molecular complexity index is 1310. The number of hydrogen-bond acceptors (Lipinski definition) is 4. The summed E-state index contributed by atoms with van der Waals surface area (Å²) in [5.74, 6) is -0.273. The van der Waals surface area contributed by atoms with Crippen LogP contribution in [0.1, 0.15) is 22.8 Å². The number of benzene rings is 3. The van der Waals surface area contributed by atoms with Crippen LogP contribution in [0, 0.1) is 0 Å². The van der Waals surface area contributed by atoms with E-state index in [9.17, 15) is 9.59 Å². The van der Waals surface area contributed by atoms with E-state index in [2.05, 4.69) is 17.6 Å². The molecule has 0 aliphatic carbocycles. The maximum atomic E-state index is 12.3. The minimum Gasteiger partial charge on any atom is -0.422 e. The highest BCUT2D eigenvalue weighted by molar-refractivity contribution is 7.80. The predicted octanol–water partition coefficient (Wildman–Crippen LogP) is 5.15. The van der Waals surface area contributed by atoms with E-state index in [-0.39, 0.29) is 11.0 Å². The van der Waals surface area contributed by atoms with Crippen LogP contribution >= 0.6 is 12.2 Å². The van der Waals surface area contributed by atoms with Gasteiger partial charge < -0.3 is 9.73 Å². The third-order valence-corrected chi connectivity index (χ3v) is 5.15. The average molecular weight is 429 g/mol. The topological polar surface area (TPSA) is 71.3 Å². The molecule has 1 amide bonds. The Balaban J connectivity index is 1.44. The molecule has 4 rings (SSSR count). The number of carbonyl (C=O) groups is 1. The van der Waals surface area contributed by atoms with Gasteiger partial charge in [0, 0.05) is 16.6 Å². The van der Waals surface area contributed by atoms with Crippen LogP contribution in [0.3, 0.4) is 0 Å². The molecule has 5 nitrogen and oxygen atoms in total. The predicted molar refractivity (Wildman–Crippen MR) is 127 cm³/mol. The molecule has 0 saturated carbocycles. The van der Waals surface area contributed by atoms with E-state index in [4.69, 9.17) is 16.6 Å². The van der Waals surface area contributed by atoms with E-state index < -0.39 is 5.63 Å². The summed E-state index contributed by atoms with van der Waals surface area (Å²) in [6, 6.07) is 23.8. The van der Waals surface area contributed by atoms with Crippen molar-refractivity contribution in [1.82, 2.24) is 5.32 Å². The number of amides is 1. The third kappa shape index (κ3) is 4.70. The van der Waals surface area contributed by atoms with E-state index in [0.29, 0.717) is 22.4 Å². The monoisotopic (exact) mass is 428 g/mol. The number of rotatable bonds is 4. The molecule has 0 atom stereocenters. The summed E-state index contributed by atoms with van der Waals surface area (Å²) < 4.78 is 5.40. The van der Waals surface area contributed by atoms with Crippen molar-refractivity contribution in [3.05, 3.63) is 100 Å². The first-order valence-electron chi connectivity index (χ1n) is 9.88. The highest BCUT2D eigenvalue weighted by Gasteiger charge is 2.10. The van der Waals surface area contributed by atoms with Gasteiger partial charge in [-0.15, -0.1) is 0 Å². The second kappa shape index (κ2) is 8.93. The molecule has 0 saturated heterocycles. The summed E-state index contributed by atoms with van der Waals surface area (Å²) in [7, 11) is 0. The van der Waals surface area contributed by atoms with E-state index >= 15 is 0 Å². The van der Waals surface area contributed by atoms with E-state index in [1.54, 1.807) is 42.5 Å². The summed E-state index contributed by atoms with van der Waals surface area (Å²) in [4.78, 5) is 24.7. The number of fused-ring (bicyclic) bond motifs is 1. The van der Waals surface area contributed by atoms with Crippen molar-refractivity contribution in [3.8, 4) is 11.1 Å². The molecule has 6 heteroatoms. The molecule has 0 radical (unpaired) electrons. The van der Waals surface area contributed by atoms with Crippen LogP contribution < -0.4 is 16.3 Å². The summed E-state index contributed by atoms with van der Waals surface area (Å²) in [6.45, 7) is 2.06. The fourth-order valence-corrected chi connectivity index (χ4v) is 3.44. The maximum Gasteiger partial charge on any atom is 0.344 e. The minimum absolute atomic E-state index is 0.197. The largest absolute Gasteiger partial charge is 0.422 e. The van der Waals surface area contributed by atoms with Gasteiger partial charge in [0.1, 0.15) is 5.58 Å². The number of thiocarbonyl (C=S) groups is 1. The third-order valence-electron chi connectivity index (χ3n) is 4.95. The second-order valence-electron chi connectivity index (χ2n) is 7.02. The van der Waals surface area contributed by atoms with Gasteiger partial charge in [0.05, 0.1) is 5.56 Å². The van der Waals surface area contributed by atoms with Crippen molar-refractivity contribution in [2.24, 2.45) is 0 Å². The smallest absolute Gasteiger partial charge is 0.344 e. The van der Waals surface area contributed by atoms with Crippen molar-refractivity contribution in [2.75, 3.05) is 5.32 Å². The first kappa shape index (κ1) is 20.5. The van der Waals surface area contributed by atoms with E-state index in [1.165, 1.54) is 0 Å². The summed E-state index contributed by atoms with van der Waals surface area (Å²) in [5.41, 5.74) is 3.78. The van der Waals surface area contributed by atoms with Crippen molar-refractivity contribution >= 4 is 39.9 Å². The summed E-state index contributed by atoms with van der Waals surface area (Å²) in [6.07, 6.45) is 0.916. The van der Waals surface area contributed by atoms with Crippen molar-refractivity contribution in [1.29, 1.82) is 0 Å². The molecule has 0 bridgehead atoms. The molecule has 1 aromatic heterocycles. The van der Waals surface area contributed by atoms with Crippen LogP contribution in [0.5, 0.6) is 0 Å². The van der Waals surface area contributed by atoms with Crippen LogP contribution in [0.2, 0.25) is 0 Å². The standard InChI is InChI=1S/C25H20N2O3S/c1-2-16-7-9-18(10-8-16)23(28)27-25(31)26-20-13-11-17(12-14-20)21-15-19-5-3-4-6-22(19)30-24(21)29/h3-15H,2H2,1H3,(H2,26,27,28,31). The Kier molecular flexibility index (Phi) is 5.91. The van der Waals surface area contributed by atoms with Crippen LogP contribution in [0.4, 0.5) is 5.69 Å². The van der Waals surface area contributed by atoms with E-state index in [0.717, 1.165) is 22.9 Å². The van der Waals surface area contributed by atoms with E-state index in [1.807, 2.05) is 36.4 Å². The fourth-order valence-electron chi connectivity index (χ4n) is 3.23. The SMILES string of the molecule is CCc1ccc(C(=O)NC(=S)Nc2ccc(-c3cc4ccccc4oc3=O)cc2)cc1. The molecular weight excluding hydrogens is 408 g/mol. The summed E-state index contributed by atoms with van der Waals surface area (Å²) >= 11 is 5.25. The van der Waals surface area contributed by atoms with Gasteiger partial charge >= 0.3 is 5.63 Å². The lowest BCUT2D eigenvalue weighted by atomic mass is 10.1. The number of para-hydroxylation sites is 1. The Labute approximate surface area is 184 Å². The zero-order chi connectivity index (χ0) is 21.8. The van der Waals surface area contributed by atoms with Gasteiger partial charge in [0.25, 0.3) is 5.91 Å². The molecule has 31 heavy (non-hydrogen) atoms. The van der Waals surface area contributed by atoms with Crippen LogP contribution in [-0.4, -0.2) is 11.0 Å². The number of aryl methyl sites for hydroxylation is 1. The van der Waals surface area contributed by atoms with Gasteiger partial charge in [0.2, 0.25) is 0 Å². The summed E-state index contributed by atoms with van der Waals surface area (Å²) in [5, 5.41) is 6.71. The highest BCUT2D eigenvalue weighted by atomic mass is 32.1. The van der Waals surface area contributed by atoms with Crippen LogP contribution in [0.25, 0.3) is 22.1 Å². The van der Waals surface area contributed by atoms with Gasteiger partial charge in [-0.05, 0) is 66.2 Å². The molecule has 0 unspecified atom stereocenters. The number of nitrogens with one attached hydrogen (secondary N) is 2. The Morgan fingerprint density at radius 1 is 0.968 bits per heavy atom. The minimum atomic E-state index is -0.392. The molecule has 3 aromatic carbocycles. The molecule has 2 N–H and O–H groups in total. The molecule has 154 valence electrons. The van der Waals surface area contributed by atoms with Crippen LogP contribution in [-0.2, 0) is 6.42 Å². The van der Waals surface area contributed by atoms with Crippen molar-refractivity contribution < 1.29 is 9.21 Å². The average Bonchev–Trinajstić information content (AvgIpc) is 2.79. The quantitative estimate of drug-likeness (QED) is 0.347. The number of anilines is 1. The molecule has 0 fully saturated rings. The van der Waals surface area contributed by atoms with Crippen molar-refractivity contribution in [2.45, 2.75) is 13.3 Å². The molecule has 0 spiro atoms. The number of hydrogen-bond donors (Lipinski definition) is 2. The van der Waals surface area contributed by atoms with Gasteiger partial charge in [-0.25, -0.2) is 4.79 Å². The molecule has 1 heterocycles. The highest BCUT2D eigenvalue weighted by Crippen LogP contribution is 2.22. The molecule has 4 aromatic rings.